The summed E-state index contributed by atoms with van der Waals surface area (Å²) in [5.41, 5.74) is 2.61. The summed E-state index contributed by atoms with van der Waals surface area (Å²) in [6.07, 6.45) is 4.77. The van der Waals surface area contributed by atoms with Crippen molar-refractivity contribution < 1.29 is 19.0 Å². The van der Waals surface area contributed by atoms with E-state index in [-0.39, 0.29) is 11.8 Å². The van der Waals surface area contributed by atoms with Gasteiger partial charge in [-0.1, -0.05) is 0 Å². The summed E-state index contributed by atoms with van der Waals surface area (Å²) in [6, 6.07) is 12.6. The molecule has 0 bridgehead atoms. The molecule has 0 saturated carbocycles. The van der Waals surface area contributed by atoms with Gasteiger partial charge in [-0.3, -0.25) is 0 Å². The van der Waals surface area contributed by atoms with Crippen LogP contribution < -0.4 is 10.1 Å². The van der Waals surface area contributed by atoms with E-state index in [1.165, 1.54) is 13.3 Å². The first-order chi connectivity index (χ1) is 15.7. The zero-order valence-corrected chi connectivity index (χ0v) is 17.4. The van der Waals surface area contributed by atoms with Gasteiger partial charge in [0.2, 0.25) is 5.95 Å². The number of rotatable bonds is 6. The van der Waals surface area contributed by atoms with Crippen molar-refractivity contribution in [3.63, 3.8) is 0 Å². The predicted molar refractivity (Wildman–Crippen MR) is 116 cm³/mol. The third-order valence-corrected chi connectivity index (χ3v) is 4.92. The average molecular weight is 431 g/mol. The van der Waals surface area contributed by atoms with Crippen LogP contribution in [0.2, 0.25) is 0 Å². The molecule has 0 aliphatic carbocycles. The number of nitrogens with zero attached hydrogens (tertiary/aromatic N) is 4. The van der Waals surface area contributed by atoms with E-state index in [0.29, 0.717) is 41.9 Å². The van der Waals surface area contributed by atoms with Crippen molar-refractivity contribution in [2.75, 3.05) is 25.6 Å². The van der Waals surface area contributed by atoms with Gasteiger partial charge in [-0.05, 0) is 36.4 Å². The Kier molecular flexibility index (Phi) is 6.53. The topological polar surface area (TPSA) is 119 Å². The summed E-state index contributed by atoms with van der Waals surface area (Å²) in [6.45, 7) is 1.33. The second-order valence-corrected chi connectivity index (χ2v) is 7.06. The van der Waals surface area contributed by atoms with Crippen molar-refractivity contribution in [1.29, 1.82) is 5.26 Å². The van der Waals surface area contributed by atoms with Crippen LogP contribution in [0.25, 0.3) is 11.3 Å². The predicted octanol–water partition coefficient (Wildman–Crippen LogP) is 3.50. The lowest BCUT2D eigenvalue weighted by Gasteiger charge is -2.23. The average Bonchev–Trinajstić information content (AvgIpc) is 2.84. The number of ether oxygens (including phenoxy) is 3. The Bertz CT molecular complexity index is 1160. The van der Waals surface area contributed by atoms with Crippen molar-refractivity contribution in [2.45, 2.75) is 18.9 Å². The van der Waals surface area contributed by atoms with Gasteiger partial charge in [0.1, 0.15) is 23.6 Å². The van der Waals surface area contributed by atoms with Crippen molar-refractivity contribution in [3.05, 3.63) is 60.0 Å². The number of carbonyl (C=O) groups is 1. The molecule has 3 heterocycles. The van der Waals surface area contributed by atoms with E-state index in [0.717, 1.165) is 18.4 Å². The highest BCUT2D eigenvalue weighted by atomic mass is 16.5. The van der Waals surface area contributed by atoms with Gasteiger partial charge in [0, 0.05) is 36.5 Å². The maximum Gasteiger partial charge on any atom is 0.356 e. The molecule has 0 spiro atoms. The monoisotopic (exact) mass is 431 g/mol. The fourth-order valence-corrected chi connectivity index (χ4v) is 3.29. The zero-order chi connectivity index (χ0) is 22.3. The first-order valence-electron chi connectivity index (χ1n) is 10.1. The van der Waals surface area contributed by atoms with E-state index >= 15 is 0 Å². The summed E-state index contributed by atoms with van der Waals surface area (Å²) in [7, 11) is 1.30. The summed E-state index contributed by atoms with van der Waals surface area (Å²) >= 11 is 0. The molecule has 0 amide bonds. The van der Waals surface area contributed by atoms with Crippen LogP contribution >= 0.6 is 0 Å². The SMILES string of the molecule is COC(=O)c1cc(Nc2nccc(-c3ccc(OC4CCOCC4)c(C#N)c3)n2)ccn1. The maximum absolute atomic E-state index is 11.7. The summed E-state index contributed by atoms with van der Waals surface area (Å²) in [5, 5.41) is 12.7. The molecule has 3 aromatic rings. The van der Waals surface area contributed by atoms with Crippen LogP contribution in [0.15, 0.2) is 48.8 Å². The minimum atomic E-state index is -0.532. The number of aromatic nitrogens is 3. The fourth-order valence-electron chi connectivity index (χ4n) is 3.29. The quantitative estimate of drug-likeness (QED) is 0.585. The van der Waals surface area contributed by atoms with Crippen molar-refractivity contribution >= 4 is 17.6 Å². The van der Waals surface area contributed by atoms with Crippen LogP contribution in [-0.2, 0) is 9.47 Å². The number of pyridine rings is 1. The summed E-state index contributed by atoms with van der Waals surface area (Å²) in [5.74, 6) is 0.364. The fraction of sp³-hybridized carbons (Fsp3) is 0.261. The molecule has 9 nitrogen and oxygen atoms in total. The van der Waals surface area contributed by atoms with Gasteiger partial charge in [-0.15, -0.1) is 0 Å². The molecule has 4 rings (SSSR count). The molecule has 1 saturated heterocycles. The number of hydrogen-bond donors (Lipinski definition) is 1. The molecule has 32 heavy (non-hydrogen) atoms. The molecule has 1 fully saturated rings. The number of nitriles is 1. The van der Waals surface area contributed by atoms with Gasteiger partial charge in [-0.2, -0.15) is 5.26 Å². The molecule has 162 valence electrons. The number of benzene rings is 1. The standard InChI is InChI=1S/C23H21N5O4/c1-30-22(29)20-13-17(4-8-25-20)27-23-26-9-5-19(28-23)15-2-3-21(16(12-15)14-24)32-18-6-10-31-11-7-18/h2-5,8-9,12-13,18H,6-7,10-11H2,1H3,(H,25,26,27,28). The number of esters is 1. The van der Waals surface area contributed by atoms with Crippen LogP contribution in [0.3, 0.4) is 0 Å². The molecular weight excluding hydrogens is 410 g/mol. The largest absolute Gasteiger partial charge is 0.489 e. The highest BCUT2D eigenvalue weighted by Crippen LogP contribution is 2.28. The van der Waals surface area contributed by atoms with E-state index in [1.807, 2.05) is 6.07 Å². The molecule has 0 unspecified atom stereocenters. The first kappa shape index (κ1) is 21.2. The minimum Gasteiger partial charge on any atom is -0.489 e. The van der Waals surface area contributed by atoms with E-state index in [4.69, 9.17) is 14.2 Å². The summed E-state index contributed by atoms with van der Waals surface area (Å²) < 4.78 is 16.1. The summed E-state index contributed by atoms with van der Waals surface area (Å²) in [4.78, 5) is 24.4. The number of hydrogen-bond acceptors (Lipinski definition) is 9. The van der Waals surface area contributed by atoms with Gasteiger partial charge in [-0.25, -0.2) is 19.7 Å². The highest BCUT2D eigenvalue weighted by Gasteiger charge is 2.17. The number of carbonyl (C=O) groups excluding carboxylic acids is 1. The molecule has 0 radical (unpaired) electrons. The maximum atomic E-state index is 11.7. The number of nitrogens with one attached hydrogen (secondary N) is 1. The van der Waals surface area contributed by atoms with Crippen LogP contribution in [0.5, 0.6) is 5.75 Å². The smallest absolute Gasteiger partial charge is 0.356 e. The normalized spacial score (nSPS) is 13.8. The van der Waals surface area contributed by atoms with E-state index in [1.54, 1.807) is 36.5 Å². The Hall–Kier alpha value is -4.03. The molecule has 0 atom stereocenters. The lowest BCUT2D eigenvalue weighted by atomic mass is 10.1. The molecule has 1 aliphatic rings. The Morgan fingerprint density at radius 3 is 2.75 bits per heavy atom. The van der Waals surface area contributed by atoms with Crippen molar-refractivity contribution in [1.82, 2.24) is 15.0 Å². The Morgan fingerprint density at radius 2 is 1.97 bits per heavy atom. The second-order valence-electron chi connectivity index (χ2n) is 7.06. The third kappa shape index (κ3) is 4.99. The van der Waals surface area contributed by atoms with Gasteiger partial charge < -0.3 is 19.5 Å². The first-order valence-corrected chi connectivity index (χ1v) is 10.1. The second kappa shape index (κ2) is 9.85. The van der Waals surface area contributed by atoms with Crippen LogP contribution in [0.1, 0.15) is 28.9 Å². The van der Waals surface area contributed by atoms with Crippen LogP contribution in [-0.4, -0.2) is 47.3 Å². The lowest BCUT2D eigenvalue weighted by Crippen LogP contribution is -2.26. The van der Waals surface area contributed by atoms with Crippen LogP contribution in [0, 0.1) is 11.3 Å². The van der Waals surface area contributed by atoms with E-state index in [9.17, 15) is 10.1 Å². The molecule has 1 aliphatic heterocycles. The Morgan fingerprint density at radius 1 is 1.16 bits per heavy atom. The minimum absolute atomic E-state index is 0.0480. The van der Waals surface area contributed by atoms with Gasteiger partial charge in [0.25, 0.3) is 0 Å². The van der Waals surface area contributed by atoms with Crippen molar-refractivity contribution in [2.24, 2.45) is 0 Å². The Labute approximate surface area is 185 Å². The third-order valence-electron chi connectivity index (χ3n) is 4.92. The molecule has 1 aromatic carbocycles. The Balaban J connectivity index is 1.54. The molecule has 9 heteroatoms. The van der Waals surface area contributed by atoms with Crippen molar-refractivity contribution in [3.8, 4) is 23.1 Å². The highest BCUT2D eigenvalue weighted by molar-refractivity contribution is 5.88. The van der Waals surface area contributed by atoms with Gasteiger partial charge in [0.05, 0.1) is 31.6 Å². The number of methoxy groups -OCH3 is 1. The molecular formula is C23H21N5O4. The molecule has 1 N–H and O–H groups in total. The van der Waals surface area contributed by atoms with Gasteiger partial charge in [0.15, 0.2) is 0 Å². The zero-order valence-electron chi connectivity index (χ0n) is 17.4. The number of anilines is 2. The van der Waals surface area contributed by atoms with E-state index < -0.39 is 5.97 Å². The van der Waals surface area contributed by atoms with E-state index in [2.05, 4.69) is 26.3 Å². The lowest BCUT2D eigenvalue weighted by molar-refractivity contribution is 0.0254. The molecule has 2 aromatic heterocycles. The van der Waals surface area contributed by atoms with Gasteiger partial charge >= 0.3 is 5.97 Å². The van der Waals surface area contributed by atoms with Crippen LogP contribution in [0.4, 0.5) is 11.6 Å².